The molecule has 0 atom stereocenters. The zero-order valence-electron chi connectivity index (χ0n) is 15.0. The SMILES string of the molecule is Cc1nc(CN(C)Cn2nc(N3CCCCC3)n(C3CC3)c2=S)cs1. The molecular formula is C17H26N6S2. The molecule has 0 N–H and O–H groups in total. The Balaban J connectivity index is 1.53. The highest BCUT2D eigenvalue weighted by Gasteiger charge is 2.31. The summed E-state index contributed by atoms with van der Waals surface area (Å²) in [5, 5.41) is 8.17. The largest absolute Gasteiger partial charge is 0.341 e. The molecule has 0 unspecified atom stereocenters. The lowest BCUT2D eigenvalue weighted by molar-refractivity contribution is 0.241. The van der Waals surface area contributed by atoms with Crippen molar-refractivity contribution in [3.8, 4) is 0 Å². The van der Waals surface area contributed by atoms with Crippen molar-refractivity contribution in [2.75, 3.05) is 25.0 Å². The quantitative estimate of drug-likeness (QED) is 0.719. The second-order valence-corrected chi connectivity index (χ2v) is 8.67. The number of thiazole rings is 1. The molecule has 25 heavy (non-hydrogen) atoms. The normalized spacial score (nSPS) is 18.3. The van der Waals surface area contributed by atoms with Crippen LogP contribution in [-0.4, -0.2) is 44.4 Å². The Morgan fingerprint density at radius 3 is 2.68 bits per heavy atom. The van der Waals surface area contributed by atoms with E-state index >= 15 is 0 Å². The summed E-state index contributed by atoms with van der Waals surface area (Å²) >= 11 is 7.48. The van der Waals surface area contributed by atoms with Gasteiger partial charge in [0.1, 0.15) is 0 Å². The predicted octanol–water partition coefficient (Wildman–Crippen LogP) is 3.59. The predicted molar refractivity (Wildman–Crippen MR) is 104 cm³/mol. The minimum Gasteiger partial charge on any atom is -0.341 e. The third-order valence-corrected chi connectivity index (χ3v) is 6.11. The maximum absolute atomic E-state index is 5.78. The van der Waals surface area contributed by atoms with Crippen molar-refractivity contribution in [3.05, 3.63) is 20.9 Å². The van der Waals surface area contributed by atoms with Gasteiger partial charge in [0.05, 0.1) is 17.4 Å². The van der Waals surface area contributed by atoms with Gasteiger partial charge in [0, 0.05) is 31.1 Å². The van der Waals surface area contributed by atoms with E-state index in [1.54, 1.807) is 11.3 Å². The van der Waals surface area contributed by atoms with Crippen molar-refractivity contribution in [1.29, 1.82) is 0 Å². The molecule has 8 heteroatoms. The molecule has 2 aliphatic rings. The molecule has 0 amide bonds. The Morgan fingerprint density at radius 1 is 1.28 bits per heavy atom. The van der Waals surface area contributed by atoms with Gasteiger partial charge in [-0.15, -0.1) is 16.4 Å². The first-order chi connectivity index (χ1) is 12.1. The van der Waals surface area contributed by atoms with Gasteiger partial charge in [-0.2, -0.15) is 0 Å². The molecule has 1 saturated heterocycles. The highest BCUT2D eigenvalue weighted by molar-refractivity contribution is 7.71. The third kappa shape index (κ3) is 3.80. The van der Waals surface area contributed by atoms with Crippen LogP contribution in [0.1, 0.15) is 48.8 Å². The van der Waals surface area contributed by atoms with E-state index in [0.717, 1.165) is 41.1 Å². The van der Waals surface area contributed by atoms with Gasteiger partial charge in [-0.1, -0.05) is 0 Å². The summed E-state index contributed by atoms with van der Waals surface area (Å²) in [5.74, 6) is 1.09. The van der Waals surface area contributed by atoms with Crippen molar-refractivity contribution in [2.24, 2.45) is 0 Å². The molecule has 3 heterocycles. The number of nitrogens with zero attached hydrogens (tertiary/aromatic N) is 6. The van der Waals surface area contributed by atoms with E-state index in [1.807, 2.05) is 11.6 Å². The fourth-order valence-corrected chi connectivity index (χ4v) is 4.43. The van der Waals surface area contributed by atoms with Crippen LogP contribution in [0.25, 0.3) is 0 Å². The summed E-state index contributed by atoms with van der Waals surface area (Å²) in [4.78, 5) is 9.22. The fraction of sp³-hybridized carbons (Fsp3) is 0.706. The maximum Gasteiger partial charge on any atom is 0.226 e. The lowest BCUT2D eigenvalue weighted by Gasteiger charge is -2.27. The number of aryl methyl sites for hydroxylation is 1. The van der Waals surface area contributed by atoms with Gasteiger partial charge in [0.25, 0.3) is 0 Å². The van der Waals surface area contributed by atoms with Gasteiger partial charge < -0.3 is 4.90 Å². The summed E-state index contributed by atoms with van der Waals surface area (Å²) in [7, 11) is 2.10. The summed E-state index contributed by atoms with van der Waals surface area (Å²) in [6, 6.07) is 0.560. The van der Waals surface area contributed by atoms with Crippen molar-refractivity contribution in [2.45, 2.75) is 58.3 Å². The molecule has 0 aromatic carbocycles. The van der Waals surface area contributed by atoms with Crippen LogP contribution in [0.4, 0.5) is 5.95 Å². The number of aromatic nitrogens is 4. The lowest BCUT2D eigenvalue weighted by Crippen LogP contribution is -2.32. The van der Waals surface area contributed by atoms with Crippen LogP contribution in [0.3, 0.4) is 0 Å². The molecule has 2 fully saturated rings. The second kappa shape index (κ2) is 7.17. The topological polar surface area (TPSA) is 42.1 Å². The Bertz CT molecular complexity index is 781. The second-order valence-electron chi connectivity index (χ2n) is 7.24. The van der Waals surface area contributed by atoms with Gasteiger partial charge in [-0.25, -0.2) is 9.67 Å². The molecule has 2 aromatic heterocycles. The van der Waals surface area contributed by atoms with Gasteiger partial charge >= 0.3 is 0 Å². The van der Waals surface area contributed by atoms with E-state index in [4.69, 9.17) is 17.3 Å². The van der Waals surface area contributed by atoms with Crippen molar-refractivity contribution >= 4 is 29.5 Å². The molecule has 6 nitrogen and oxygen atoms in total. The molecule has 1 aliphatic carbocycles. The van der Waals surface area contributed by atoms with E-state index in [2.05, 4.69) is 31.8 Å². The summed E-state index contributed by atoms with van der Waals surface area (Å²) < 4.78 is 5.17. The first-order valence-corrected chi connectivity index (χ1v) is 10.4. The van der Waals surface area contributed by atoms with Crippen LogP contribution in [0, 0.1) is 11.7 Å². The molecular weight excluding hydrogens is 352 g/mol. The van der Waals surface area contributed by atoms with Crippen molar-refractivity contribution in [3.63, 3.8) is 0 Å². The van der Waals surface area contributed by atoms with Crippen LogP contribution in [0.5, 0.6) is 0 Å². The number of rotatable bonds is 6. The Hall–Kier alpha value is -1.25. The number of piperidine rings is 1. The molecule has 0 bridgehead atoms. The molecule has 0 radical (unpaired) electrons. The zero-order chi connectivity index (χ0) is 17.4. The average Bonchev–Trinajstić information content (AvgIpc) is 3.28. The van der Waals surface area contributed by atoms with Gasteiger partial charge in [-0.05, 0) is 58.3 Å². The van der Waals surface area contributed by atoms with Gasteiger partial charge in [0.15, 0.2) is 0 Å². The van der Waals surface area contributed by atoms with E-state index in [-0.39, 0.29) is 0 Å². The van der Waals surface area contributed by atoms with Crippen LogP contribution in [0.2, 0.25) is 0 Å². The first kappa shape index (κ1) is 17.2. The van der Waals surface area contributed by atoms with Gasteiger partial charge in [-0.3, -0.25) is 9.47 Å². The maximum atomic E-state index is 5.78. The molecule has 136 valence electrons. The summed E-state index contributed by atoms with van der Waals surface area (Å²) in [5.41, 5.74) is 1.12. The lowest BCUT2D eigenvalue weighted by atomic mass is 10.1. The van der Waals surface area contributed by atoms with E-state index in [9.17, 15) is 0 Å². The smallest absolute Gasteiger partial charge is 0.226 e. The van der Waals surface area contributed by atoms with Crippen LogP contribution < -0.4 is 4.90 Å². The standard InChI is InChI=1S/C17H26N6S2/c1-13-18-14(11-25-13)10-20(2)12-22-17(24)23(15-6-7-15)16(19-22)21-8-4-3-5-9-21/h11,15H,3-10,12H2,1-2H3. The number of hydrogen-bond donors (Lipinski definition) is 0. The molecule has 1 aliphatic heterocycles. The molecule has 2 aromatic rings. The number of anilines is 1. The minimum absolute atomic E-state index is 0.560. The fourth-order valence-electron chi connectivity index (χ4n) is 3.50. The van der Waals surface area contributed by atoms with E-state index < -0.39 is 0 Å². The van der Waals surface area contributed by atoms with Gasteiger partial charge in [0.2, 0.25) is 10.7 Å². The Kier molecular flexibility index (Phi) is 4.92. The number of hydrogen-bond acceptors (Lipinski definition) is 6. The summed E-state index contributed by atoms with van der Waals surface area (Å²) in [6.45, 7) is 5.78. The average molecular weight is 379 g/mol. The Labute approximate surface area is 158 Å². The molecule has 0 spiro atoms. The third-order valence-electron chi connectivity index (χ3n) is 4.88. The highest BCUT2D eigenvalue weighted by atomic mass is 32.1. The van der Waals surface area contributed by atoms with E-state index in [0.29, 0.717) is 12.7 Å². The monoisotopic (exact) mass is 378 g/mol. The van der Waals surface area contributed by atoms with Crippen molar-refractivity contribution in [1.82, 2.24) is 24.2 Å². The van der Waals surface area contributed by atoms with Crippen molar-refractivity contribution < 1.29 is 0 Å². The summed E-state index contributed by atoms with van der Waals surface area (Å²) in [6.07, 6.45) is 6.31. The van der Waals surface area contributed by atoms with Crippen LogP contribution >= 0.6 is 23.6 Å². The van der Waals surface area contributed by atoms with E-state index in [1.165, 1.54) is 32.1 Å². The first-order valence-electron chi connectivity index (χ1n) is 9.15. The van der Waals surface area contributed by atoms with Crippen LogP contribution in [0.15, 0.2) is 5.38 Å². The highest BCUT2D eigenvalue weighted by Crippen LogP contribution is 2.38. The minimum atomic E-state index is 0.560. The Morgan fingerprint density at radius 2 is 2.04 bits per heavy atom. The van der Waals surface area contributed by atoms with Crippen LogP contribution in [-0.2, 0) is 13.2 Å². The molecule has 1 saturated carbocycles. The molecule has 4 rings (SSSR count). The zero-order valence-corrected chi connectivity index (χ0v) is 16.7.